The van der Waals surface area contributed by atoms with Gasteiger partial charge in [0.1, 0.15) is 13.2 Å². The van der Waals surface area contributed by atoms with Crippen molar-refractivity contribution in [1.29, 1.82) is 0 Å². The van der Waals surface area contributed by atoms with Crippen molar-refractivity contribution in [2.24, 2.45) is 0 Å². The number of carbonyl (C=O) groups excluding carboxylic acids is 3. The molecule has 0 fully saturated rings. The lowest BCUT2D eigenvalue weighted by atomic mass is 10.0. The Morgan fingerprint density at radius 1 is 0.237 bits per heavy atom. The molecule has 1 unspecified atom stereocenters. The van der Waals surface area contributed by atoms with Crippen LogP contribution in [0.2, 0.25) is 0 Å². The molecule has 0 N–H and O–H groups in total. The van der Waals surface area contributed by atoms with Crippen LogP contribution in [0.25, 0.3) is 0 Å². The van der Waals surface area contributed by atoms with Gasteiger partial charge in [0.15, 0.2) is 6.10 Å². The molecule has 1 atom stereocenters. The van der Waals surface area contributed by atoms with Crippen LogP contribution < -0.4 is 0 Å². The Hall–Kier alpha value is -2.11. The lowest BCUT2D eigenvalue weighted by Gasteiger charge is -2.18. The van der Waals surface area contributed by atoms with Gasteiger partial charge in [-0.15, -0.1) is 0 Å². The lowest BCUT2D eigenvalue weighted by Crippen LogP contribution is -2.30. The minimum atomic E-state index is -0.775. The van der Waals surface area contributed by atoms with E-state index in [0.29, 0.717) is 19.3 Å². The van der Waals surface area contributed by atoms with Crippen molar-refractivity contribution in [3.63, 3.8) is 0 Å². The van der Waals surface area contributed by atoms with Gasteiger partial charge in [0.05, 0.1) is 0 Å². The fraction of sp³-hybridized carbons (Fsp3) is 0.905. The molecule has 0 aliphatic heterocycles. The van der Waals surface area contributed by atoms with Crippen molar-refractivity contribution < 1.29 is 28.6 Å². The standard InChI is InChI=1S/C74H140O6/c1-4-7-10-13-16-19-22-25-28-30-32-33-34-35-36-37-38-39-40-41-42-44-46-49-52-55-58-61-64-67-73(76)79-70-71(69-78-72(75)66-63-60-57-54-51-48-45-27-24-21-18-15-12-9-6-3)80-74(77)68-65-62-59-56-53-50-47-43-31-29-26-23-20-17-14-11-8-5-2/h27,29,31,45,71H,4-26,28,30,32-44,46-70H2,1-3H3/b31-29-,45-27-. The van der Waals surface area contributed by atoms with Crippen LogP contribution in [0.3, 0.4) is 0 Å². The Morgan fingerprint density at radius 2 is 0.412 bits per heavy atom. The molecule has 0 bridgehead atoms. The van der Waals surface area contributed by atoms with E-state index in [-0.39, 0.29) is 31.1 Å². The zero-order valence-corrected chi connectivity index (χ0v) is 54.4. The Labute approximate surface area is 500 Å². The third kappa shape index (κ3) is 66.7. The van der Waals surface area contributed by atoms with Crippen molar-refractivity contribution in [2.45, 2.75) is 419 Å². The van der Waals surface area contributed by atoms with E-state index in [1.165, 1.54) is 308 Å². The topological polar surface area (TPSA) is 78.9 Å². The second-order valence-corrected chi connectivity index (χ2v) is 24.9. The fourth-order valence-electron chi connectivity index (χ4n) is 11.2. The summed E-state index contributed by atoms with van der Waals surface area (Å²) < 4.78 is 17.0. The summed E-state index contributed by atoms with van der Waals surface area (Å²) in [5, 5.41) is 0. The summed E-state index contributed by atoms with van der Waals surface area (Å²) in [6.45, 7) is 6.70. The van der Waals surface area contributed by atoms with Gasteiger partial charge in [0.2, 0.25) is 0 Å². The minimum Gasteiger partial charge on any atom is -0.462 e. The second-order valence-electron chi connectivity index (χ2n) is 24.9. The number of esters is 3. The van der Waals surface area contributed by atoms with Crippen LogP contribution in [0.5, 0.6) is 0 Å². The van der Waals surface area contributed by atoms with Crippen molar-refractivity contribution in [3.8, 4) is 0 Å². The monoisotopic (exact) mass is 1130 g/mol. The maximum atomic E-state index is 12.9. The highest BCUT2D eigenvalue weighted by atomic mass is 16.6. The van der Waals surface area contributed by atoms with Gasteiger partial charge >= 0.3 is 17.9 Å². The van der Waals surface area contributed by atoms with Gasteiger partial charge in [-0.1, -0.05) is 347 Å². The number of hydrogen-bond donors (Lipinski definition) is 0. The molecule has 0 aliphatic rings. The molecule has 0 radical (unpaired) electrons. The van der Waals surface area contributed by atoms with Crippen LogP contribution in [0, 0.1) is 0 Å². The van der Waals surface area contributed by atoms with Gasteiger partial charge in [-0.2, -0.15) is 0 Å². The Bertz CT molecular complexity index is 1290. The van der Waals surface area contributed by atoms with Crippen LogP contribution in [0.1, 0.15) is 412 Å². The number of allylic oxidation sites excluding steroid dienone is 4. The molecule has 0 saturated heterocycles. The van der Waals surface area contributed by atoms with Crippen LogP contribution in [0.4, 0.5) is 0 Å². The number of unbranched alkanes of at least 4 members (excludes halogenated alkanes) is 53. The SMILES string of the molecule is CCCCCCCC/C=C\CCCCCCCC(=O)OCC(COC(=O)CCCCCCCCCCCCCCCCCCCCCCCCCCCCCCC)OC(=O)CCCCCCCCC/C=C\CCCCCCCCC. The van der Waals surface area contributed by atoms with E-state index in [4.69, 9.17) is 14.2 Å². The van der Waals surface area contributed by atoms with Gasteiger partial charge < -0.3 is 14.2 Å². The summed E-state index contributed by atoms with van der Waals surface area (Å²) in [6.07, 6.45) is 85.1. The molecule has 472 valence electrons. The first-order valence-corrected chi connectivity index (χ1v) is 36.3. The first-order chi connectivity index (χ1) is 39.5. The molecular formula is C74H140O6. The highest BCUT2D eigenvalue weighted by Gasteiger charge is 2.19. The first-order valence-electron chi connectivity index (χ1n) is 36.3. The van der Waals surface area contributed by atoms with E-state index in [2.05, 4.69) is 45.1 Å². The van der Waals surface area contributed by atoms with Crippen LogP contribution >= 0.6 is 0 Å². The zero-order valence-electron chi connectivity index (χ0n) is 54.4. The highest BCUT2D eigenvalue weighted by Crippen LogP contribution is 2.19. The second kappa shape index (κ2) is 69.4. The molecule has 0 spiro atoms. The van der Waals surface area contributed by atoms with Crippen LogP contribution in [0.15, 0.2) is 24.3 Å². The Morgan fingerprint density at radius 3 is 0.625 bits per heavy atom. The Kier molecular flexibility index (Phi) is 67.6. The molecule has 6 heteroatoms. The average molecular weight is 1130 g/mol. The van der Waals surface area contributed by atoms with Crippen molar-refractivity contribution in [3.05, 3.63) is 24.3 Å². The van der Waals surface area contributed by atoms with E-state index in [1.54, 1.807) is 0 Å². The van der Waals surface area contributed by atoms with Crippen LogP contribution in [-0.2, 0) is 28.6 Å². The van der Waals surface area contributed by atoms with Gasteiger partial charge in [-0.3, -0.25) is 14.4 Å². The molecule has 0 aromatic heterocycles. The number of hydrogen-bond acceptors (Lipinski definition) is 6. The van der Waals surface area contributed by atoms with Crippen LogP contribution in [-0.4, -0.2) is 37.2 Å². The van der Waals surface area contributed by atoms with E-state index in [1.807, 2.05) is 0 Å². The number of carbonyl (C=O) groups is 3. The van der Waals surface area contributed by atoms with Gasteiger partial charge in [-0.25, -0.2) is 0 Å². The fourth-order valence-corrected chi connectivity index (χ4v) is 11.2. The molecule has 0 aromatic rings. The summed E-state index contributed by atoms with van der Waals surface area (Å²) >= 11 is 0. The molecular weight excluding hydrogens is 985 g/mol. The van der Waals surface area contributed by atoms with Gasteiger partial charge in [0.25, 0.3) is 0 Å². The van der Waals surface area contributed by atoms with Crippen molar-refractivity contribution in [1.82, 2.24) is 0 Å². The third-order valence-electron chi connectivity index (χ3n) is 16.7. The van der Waals surface area contributed by atoms with Crippen molar-refractivity contribution >= 4 is 17.9 Å². The normalized spacial score (nSPS) is 12.1. The van der Waals surface area contributed by atoms with Gasteiger partial charge in [0, 0.05) is 19.3 Å². The summed E-state index contributed by atoms with van der Waals surface area (Å²) in [4.78, 5) is 38.4. The zero-order chi connectivity index (χ0) is 57.8. The minimum absolute atomic E-state index is 0.0703. The Balaban J connectivity index is 4.19. The predicted octanol–water partition coefficient (Wildman–Crippen LogP) is 25.0. The van der Waals surface area contributed by atoms with E-state index in [9.17, 15) is 14.4 Å². The lowest BCUT2D eigenvalue weighted by molar-refractivity contribution is -0.167. The average Bonchev–Trinajstić information content (AvgIpc) is 3.46. The maximum Gasteiger partial charge on any atom is 0.306 e. The smallest absolute Gasteiger partial charge is 0.306 e. The number of rotatable bonds is 68. The van der Waals surface area contributed by atoms with Gasteiger partial charge in [-0.05, 0) is 70.6 Å². The maximum absolute atomic E-state index is 12.9. The molecule has 80 heavy (non-hydrogen) atoms. The molecule has 0 amide bonds. The summed E-state index contributed by atoms with van der Waals surface area (Å²) in [5.41, 5.74) is 0. The molecule has 0 aliphatic carbocycles. The van der Waals surface area contributed by atoms with E-state index in [0.717, 1.165) is 64.2 Å². The third-order valence-corrected chi connectivity index (χ3v) is 16.7. The first kappa shape index (κ1) is 77.9. The number of ether oxygens (including phenoxy) is 3. The molecule has 0 aromatic carbocycles. The molecule has 0 heterocycles. The summed E-state index contributed by atoms with van der Waals surface area (Å²) in [5.74, 6) is -0.852. The van der Waals surface area contributed by atoms with E-state index >= 15 is 0 Å². The highest BCUT2D eigenvalue weighted by molar-refractivity contribution is 5.71. The predicted molar refractivity (Wildman–Crippen MR) is 349 cm³/mol. The quantitative estimate of drug-likeness (QED) is 0.0261. The largest absolute Gasteiger partial charge is 0.462 e. The summed E-state index contributed by atoms with van der Waals surface area (Å²) in [7, 11) is 0. The molecule has 0 rings (SSSR count). The van der Waals surface area contributed by atoms with Crippen molar-refractivity contribution in [2.75, 3.05) is 13.2 Å². The molecule has 0 saturated carbocycles. The van der Waals surface area contributed by atoms with E-state index < -0.39 is 6.10 Å². The summed E-state index contributed by atoms with van der Waals surface area (Å²) in [6, 6.07) is 0. The molecule has 6 nitrogen and oxygen atoms in total.